The van der Waals surface area contributed by atoms with Crippen LogP contribution >= 0.6 is 0 Å². The maximum Gasteiger partial charge on any atom is 0.128 e. The van der Waals surface area contributed by atoms with Gasteiger partial charge in [0.15, 0.2) is 0 Å². The molecule has 0 unspecified atom stereocenters. The Morgan fingerprint density at radius 1 is 1.37 bits per heavy atom. The average molecular weight is 263 g/mol. The van der Waals surface area contributed by atoms with Gasteiger partial charge in [0.1, 0.15) is 5.82 Å². The second-order valence-corrected chi connectivity index (χ2v) is 4.38. The van der Waals surface area contributed by atoms with Gasteiger partial charge in [-0.1, -0.05) is 6.92 Å². The normalized spacial score (nSPS) is 10.8. The maximum absolute atomic E-state index is 5.02. The predicted octanol–water partition coefficient (Wildman–Crippen LogP) is 1.75. The van der Waals surface area contributed by atoms with Gasteiger partial charge in [-0.05, 0) is 6.42 Å². The van der Waals surface area contributed by atoms with Crippen molar-refractivity contribution in [3.63, 3.8) is 0 Å². The third kappa shape index (κ3) is 3.82. The molecule has 0 aliphatic heterocycles. The van der Waals surface area contributed by atoms with Crippen LogP contribution in [0.3, 0.4) is 0 Å². The quantitative estimate of drug-likeness (QED) is 0.788. The molecule has 0 spiro atoms. The Morgan fingerprint density at radius 2 is 2.26 bits per heavy atom. The standard InChI is InChI=1S/C13H21N5O/c1-3-5-17-6-4-14-13(17)10-15-12-9-16-18(11-12)7-8-19-2/h4,6,9,11,15H,3,5,7-8,10H2,1-2H3. The van der Waals surface area contributed by atoms with Gasteiger partial charge in [-0.15, -0.1) is 0 Å². The highest BCUT2D eigenvalue weighted by molar-refractivity contribution is 5.38. The molecule has 0 saturated carbocycles. The number of rotatable bonds is 8. The third-order valence-electron chi connectivity index (χ3n) is 2.87. The van der Waals surface area contributed by atoms with Gasteiger partial charge >= 0.3 is 0 Å². The molecule has 2 aromatic rings. The Bertz CT molecular complexity index is 491. The fraction of sp³-hybridized carbons (Fsp3) is 0.538. The van der Waals surface area contributed by atoms with Crippen LogP contribution in [-0.4, -0.2) is 33.0 Å². The molecule has 0 amide bonds. The number of aromatic nitrogens is 4. The number of nitrogens with zero attached hydrogens (tertiary/aromatic N) is 4. The molecule has 6 nitrogen and oxygen atoms in total. The van der Waals surface area contributed by atoms with Gasteiger partial charge in [0, 0.05) is 32.2 Å². The van der Waals surface area contributed by atoms with Gasteiger partial charge in [-0.3, -0.25) is 4.68 Å². The summed E-state index contributed by atoms with van der Waals surface area (Å²) in [4.78, 5) is 4.36. The summed E-state index contributed by atoms with van der Waals surface area (Å²) in [6.45, 7) is 5.31. The molecule has 19 heavy (non-hydrogen) atoms. The summed E-state index contributed by atoms with van der Waals surface area (Å²) in [6, 6.07) is 0. The van der Waals surface area contributed by atoms with Crippen LogP contribution in [0.2, 0.25) is 0 Å². The van der Waals surface area contributed by atoms with Crippen LogP contribution in [0.4, 0.5) is 5.69 Å². The molecular formula is C13H21N5O. The second-order valence-electron chi connectivity index (χ2n) is 4.38. The Morgan fingerprint density at radius 3 is 3.05 bits per heavy atom. The van der Waals surface area contributed by atoms with E-state index in [0.29, 0.717) is 13.2 Å². The van der Waals surface area contributed by atoms with Crippen molar-refractivity contribution in [2.75, 3.05) is 19.0 Å². The minimum atomic E-state index is 0.669. The lowest BCUT2D eigenvalue weighted by Gasteiger charge is -2.07. The first-order chi connectivity index (χ1) is 9.33. The number of nitrogens with one attached hydrogen (secondary N) is 1. The summed E-state index contributed by atoms with van der Waals surface area (Å²) < 4.78 is 9.06. The van der Waals surface area contributed by atoms with Crippen molar-refractivity contribution < 1.29 is 4.74 Å². The van der Waals surface area contributed by atoms with Crippen LogP contribution in [0, 0.1) is 0 Å². The van der Waals surface area contributed by atoms with Gasteiger partial charge in [-0.25, -0.2) is 4.98 Å². The van der Waals surface area contributed by atoms with E-state index in [-0.39, 0.29) is 0 Å². The van der Waals surface area contributed by atoms with E-state index in [1.165, 1.54) is 0 Å². The zero-order valence-corrected chi connectivity index (χ0v) is 11.5. The first-order valence-corrected chi connectivity index (χ1v) is 6.58. The minimum absolute atomic E-state index is 0.669. The molecular weight excluding hydrogens is 242 g/mol. The summed E-state index contributed by atoms with van der Waals surface area (Å²) >= 11 is 0. The van der Waals surface area contributed by atoms with Crippen molar-refractivity contribution in [3.8, 4) is 0 Å². The van der Waals surface area contributed by atoms with Gasteiger partial charge in [0.05, 0.1) is 31.6 Å². The molecule has 0 bridgehead atoms. The molecule has 0 atom stereocenters. The average Bonchev–Trinajstić information content (AvgIpc) is 3.03. The van der Waals surface area contributed by atoms with Crippen LogP contribution < -0.4 is 5.32 Å². The number of hydrogen-bond acceptors (Lipinski definition) is 4. The van der Waals surface area contributed by atoms with Gasteiger partial charge < -0.3 is 14.6 Å². The lowest BCUT2D eigenvalue weighted by atomic mass is 10.4. The lowest BCUT2D eigenvalue weighted by molar-refractivity contribution is 0.183. The van der Waals surface area contributed by atoms with Crippen molar-refractivity contribution >= 4 is 5.69 Å². The number of aryl methyl sites for hydroxylation is 1. The summed E-state index contributed by atoms with van der Waals surface area (Å²) in [7, 11) is 1.69. The SMILES string of the molecule is CCCn1ccnc1CNc1cnn(CCOC)c1. The predicted molar refractivity (Wildman–Crippen MR) is 73.9 cm³/mol. The molecule has 6 heteroatoms. The Kier molecular flexibility index (Phi) is 4.97. The van der Waals surface area contributed by atoms with Crippen molar-refractivity contribution in [2.45, 2.75) is 33.0 Å². The molecule has 2 rings (SSSR count). The fourth-order valence-electron chi connectivity index (χ4n) is 1.89. The van der Waals surface area contributed by atoms with Crippen LogP contribution in [0.15, 0.2) is 24.8 Å². The van der Waals surface area contributed by atoms with Gasteiger partial charge in [-0.2, -0.15) is 5.10 Å². The third-order valence-corrected chi connectivity index (χ3v) is 2.87. The van der Waals surface area contributed by atoms with Gasteiger partial charge in [0.25, 0.3) is 0 Å². The molecule has 0 radical (unpaired) electrons. The molecule has 0 aromatic carbocycles. The highest BCUT2D eigenvalue weighted by Crippen LogP contribution is 2.07. The number of imidazole rings is 1. The van der Waals surface area contributed by atoms with Crippen molar-refractivity contribution in [1.29, 1.82) is 0 Å². The maximum atomic E-state index is 5.02. The van der Waals surface area contributed by atoms with E-state index in [4.69, 9.17) is 4.74 Å². The number of methoxy groups -OCH3 is 1. The van der Waals surface area contributed by atoms with Gasteiger partial charge in [0.2, 0.25) is 0 Å². The molecule has 104 valence electrons. The zero-order chi connectivity index (χ0) is 13.5. The largest absolute Gasteiger partial charge is 0.383 e. The first-order valence-electron chi connectivity index (χ1n) is 6.58. The van der Waals surface area contributed by atoms with Crippen LogP contribution in [-0.2, 0) is 24.4 Å². The lowest BCUT2D eigenvalue weighted by Crippen LogP contribution is -2.08. The van der Waals surface area contributed by atoms with E-state index in [9.17, 15) is 0 Å². The monoisotopic (exact) mass is 263 g/mol. The van der Waals surface area contributed by atoms with E-state index >= 15 is 0 Å². The van der Waals surface area contributed by atoms with Crippen LogP contribution in [0.1, 0.15) is 19.2 Å². The molecule has 0 aliphatic rings. The number of anilines is 1. The highest BCUT2D eigenvalue weighted by atomic mass is 16.5. The number of hydrogen-bond donors (Lipinski definition) is 1. The number of ether oxygens (including phenoxy) is 1. The molecule has 1 N–H and O–H groups in total. The van der Waals surface area contributed by atoms with Crippen LogP contribution in [0.5, 0.6) is 0 Å². The highest BCUT2D eigenvalue weighted by Gasteiger charge is 2.03. The summed E-state index contributed by atoms with van der Waals surface area (Å²) in [6.07, 6.45) is 8.77. The fourth-order valence-corrected chi connectivity index (χ4v) is 1.89. The summed E-state index contributed by atoms with van der Waals surface area (Å²) in [5, 5.41) is 7.59. The second kappa shape index (κ2) is 6.94. The molecule has 0 saturated heterocycles. The van der Waals surface area contributed by atoms with E-state index in [1.807, 2.05) is 29.5 Å². The Labute approximate surface area is 113 Å². The van der Waals surface area contributed by atoms with E-state index < -0.39 is 0 Å². The van der Waals surface area contributed by atoms with E-state index in [0.717, 1.165) is 31.0 Å². The Balaban J connectivity index is 1.87. The summed E-state index contributed by atoms with van der Waals surface area (Å²) in [5.74, 6) is 1.05. The molecule has 2 heterocycles. The topological polar surface area (TPSA) is 56.9 Å². The Hall–Kier alpha value is -1.82. The molecule has 0 fully saturated rings. The first kappa shape index (κ1) is 13.6. The molecule has 0 aliphatic carbocycles. The van der Waals surface area contributed by atoms with E-state index in [2.05, 4.69) is 26.9 Å². The van der Waals surface area contributed by atoms with Crippen molar-refractivity contribution in [2.24, 2.45) is 0 Å². The minimum Gasteiger partial charge on any atom is -0.383 e. The smallest absolute Gasteiger partial charge is 0.128 e. The van der Waals surface area contributed by atoms with Crippen LogP contribution in [0.25, 0.3) is 0 Å². The zero-order valence-electron chi connectivity index (χ0n) is 11.5. The van der Waals surface area contributed by atoms with Crippen molar-refractivity contribution in [1.82, 2.24) is 19.3 Å². The van der Waals surface area contributed by atoms with Crippen molar-refractivity contribution in [3.05, 3.63) is 30.6 Å². The van der Waals surface area contributed by atoms with E-state index in [1.54, 1.807) is 7.11 Å². The summed E-state index contributed by atoms with van der Waals surface area (Å²) in [5.41, 5.74) is 1.00. The molecule has 2 aromatic heterocycles.